The van der Waals surface area contributed by atoms with Crippen molar-refractivity contribution in [2.45, 2.75) is 13.5 Å². The van der Waals surface area contributed by atoms with Gasteiger partial charge in [0.2, 0.25) is 5.89 Å². The molecule has 0 aliphatic carbocycles. The van der Waals surface area contributed by atoms with E-state index in [-0.39, 0.29) is 28.5 Å². The van der Waals surface area contributed by atoms with Gasteiger partial charge in [-0.3, -0.25) is 10.1 Å². The molecule has 0 radical (unpaired) electrons. The minimum atomic E-state index is -0.749. The van der Waals surface area contributed by atoms with E-state index in [1.165, 1.54) is 18.1 Å². The first-order valence-corrected chi connectivity index (χ1v) is 6.78. The quantitative estimate of drug-likeness (QED) is 0.463. The van der Waals surface area contributed by atoms with E-state index in [4.69, 9.17) is 16.1 Å². The SMILES string of the molecule is COC(=O)c1cc([N+](=O)[O-])c(N(C)Cc2noc(C)n2)cc1Cl. The molecular weight excluding hydrogens is 328 g/mol. The Morgan fingerprint density at radius 2 is 2.22 bits per heavy atom. The summed E-state index contributed by atoms with van der Waals surface area (Å²) in [6.45, 7) is 1.81. The third kappa shape index (κ3) is 3.57. The molecular formula is C13H13ClN4O5. The lowest BCUT2D eigenvalue weighted by Crippen LogP contribution is -2.19. The molecule has 0 aliphatic heterocycles. The molecule has 0 bridgehead atoms. The second kappa shape index (κ2) is 6.61. The topological polar surface area (TPSA) is 112 Å². The van der Waals surface area contributed by atoms with Gasteiger partial charge in [-0.05, 0) is 6.07 Å². The summed E-state index contributed by atoms with van der Waals surface area (Å²) in [7, 11) is 2.78. The fourth-order valence-electron chi connectivity index (χ4n) is 1.97. The Bertz CT molecular complexity index is 761. The highest BCUT2D eigenvalue weighted by Crippen LogP contribution is 2.34. The number of esters is 1. The number of hydrogen-bond acceptors (Lipinski definition) is 8. The van der Waals surface area contributed by atoms with Gasteiger partial charge in [0.25, 0.3) is 5.69 Å². The van der Waals surface area contributed by atoms with Gasteiger partial charge in [0.05, 0.1) is 29.2 Å². The Balaban J connectivity index is 2.42. The zero-order valence-corrected chi connectivity index (χ0v) is 13.3. The van der Waals surface area contributed by atoms with Gasteiger partial charge in [0, 0.05) is 20.0 Å². The monoisotopic (exact) mass is 340 g/mol. The highest BCUT2D eigenvalue weighted by atomic mass is 35.5. The third-order valence-corrected chi connectivity index (χ3v) is 3.34. The Morgan fingerprint density at radius 1 is 1.52 bits per heavy atom. The van der Waals surface area contributed by atoms with Gasteiger partial charge in [-0.25, -0.2) is 4.79 Å². The van der Waals surface area contributed by atoms with Crippen LogP contribution in [0.2, 0.25) is 5.02 Å². The number of rotatable bonds is 5. The van der Waals surface area contributed by atoms with Gasteiger partial charge in [-0.1, -0.05) is 16.8 Å². The number of ether oxygens (including phenoxy) is 1. The molecule has 23 heavy (non-hydrogen) atoms. The van der Waals surface area contributed by atoms with Crippen molar-refractivity contribution in [1.82, 2.24) is 10.1 Å². The minimum Gasteiger partial charge on any atom is -0.465 e. The zero-order valence-electron chi connectivity index (χ0n) is 12.6. The molecule has 122 valence electrons. The van der Waals surface area contributed by atoms with E-state index in [2.05, 4.69) is 14.9 Å². The lowest BCUT2D eigenvalue weighted by Gasteiger charge is -2.18. The number of halogens is 1. The predicted molar refractivity (Wildman–Crippen MR) is 80.6 cm³/mol. The average molecular weight is 341 g/mol. The van der Waals surface area contributed by atoms with Gasteiger partial charge in [0.1, 0.15) is 5.69 Å². The van der Waals surface area contributed by atoms with E-state index in [0.717, 1.165) is 6.07 Å². The maximum Gasteiger partial charge on any atom is 0.339 e. The zero-order chi connectivity index (χ0) is 17.1. The van der Waals surface area contributed by atoms with Gasteiger partial charge >= 0.3 is 5.97 Å². The summed E-state index contributed by atoms with van der Waals surface area (Å²) >= 11 is 6.03. The van der Waals surface area contributed by atoms with Gasteiger partial charge in [-0.2, -0.15) is 4.98 Å². The normalized spacial score (nSPS) is 10.4. The van der Waals surface area contributed by atoms with Crippen LogP contribution in [0.1, 0.15) is 22.1 Å². The van der Waals surface area contributed by atoms with Crippen LogP contribution in [-0.2, 0) is 11.3 Å². The van der Waals surface area contributed by atoms with Crippen LogP contribution in [-0.4, -0.2) is 35.2 Å². The standard InChI is InChI=1S/C13H13ClN4O5/c1-7-15-12(16-23-7)6-17(2)10-5-9(14)8(13(19)22-3)4-11(10)18(20)21/h4-5H,6H2,1-3H3. The van der Waals surface area contributed by atoms with Gasteiger partial charge in [0.15, 0.2) is 5.82 Å². The summed E-state index contributed by atoms with van der Waals surface area (Å²) in [5.74, 6) is 0.00975. The molecule has 0 fully saturated rings. The fraction of sp³-hybridized carbons (Fsp3) is 0.308. The van der Waals surface area contributed by atoms with Crippen molar-refractivity contribution < 1.29 is 19.0 Å². The number of nitro groups is 1. The first-order valence-electron chi connectivity index (χ1n) is 6.40. The number of benzene rings is 1. The van der Waals surface area contributed by atoms with Crippen molar-refractivity contribution in [2.75, 3.05) is 19.1 Å². The summed E-state index contributed by atoms with van der Waals surface area (Å²) in [4.78, 5) is 27.9. The fourth-order valence-corrected chi connectivity index (χ4v) is 2.21. The predicted octanol–water partition coefficient (Wildman–Crippen LogP) is 2.36. The van der Waals surface area contributed by atoms with Crippen LogP contribution >= 0.6 is 11.6 Å². The van der Waals surface area contributed by atoms with Crippen molar-refractivity contribution in [3.63, 3.8) is 0 Å². The van der Waals surface area contributed by atoms with Crippen LogP contribution < -0.4 is 4.90 Å². The maximum atomic E-state index is 11.6. The molecule has 1 aromatic heterocycles. The molecule has 1 aromatic carbocycles. The molecule has 10 heteroatoms. The molecule has 1 heterocycles. The van der Waals surface area contributed by atoms with Crippen LogP contribution in [0.15, 0.2) is 16.7 Å². The largest absolute Gasteiger partial charge is 0.465 e. The summed E-state index contributed by atoms with van der Waals surface area (Å²) < 4.78 is 9.42. The molecule has 9 nitrogen and oxygen atoms in total. The summed E-state index contributed by atoms with van der Waals surface area (Å²) in [5.41, 5.74) is -0.138. The van der Waals surface area contributed by atoms with Crippen LogP contribution in [0, 0.1) is 17.0 Å². The Morgan fingerprint density at radius 3 is 2.74 bits per heavy atom. The van der Waals surface area contributed by atoms with E-state index < -0.39 is 10.9 Å². The first kappa shape index (κ1) is 16.7. The summed E-state index contributed by atoms with van der Waals surface area (Å²) in [5, 5.41) is 15.1. The molecule has 0 spiro atoms. The lowest BCUT2D eigenvalue weighted by molar-refractivity contribution is -0.384. The van der Waals surface area contributed by atoms with Gasteiger partial charge in [-0.15, -0.1) is 0 Å². The lowest BCUT2D eigenvalue weighted by atomic mass is 10.1. The highest BCUT2D eigenvalue weighted by molar-refractivity contribution is 6.34. The number of nitrogens with zero attached hydrogens (tertiary/aromatic N) is 4. The molecule has 0 aliphatic rings. The molecule has 0 amide bonds. The van der Waals surface area contributed by atoms with Crippen molar-refractivity contribution in [2.24, 2.45) is 0 Å². The number of aromatic nitrogens is 2. The first-order chi connectivity index (χ1) is 10.8. The smallest absolute Gasteiger partial charge is 0.339 e. The number of carbonyl (C=O) groups is 1. The van der Waals surface area contributed by atoms with E-state index in [1.54, 1.807) is 14.0 Å². The van der Waals surface area contributed by atoms with Crippen LogP contribution in [0.25, 0.3) is 0 Å². The van der Waals surface area contributed by atoms with E-state index in [0.29, 0.717) is 11.7 Å². The number of nitro benzene ring substituents is 1. The van der Waals surface area contributed by atoms with Crippen molar-refractivity contribution in [1.29, 1.82) is 0 Å². The highest BCUT2D eigenvalue weighted by Gasteiger charge is 2.24. The van der Waals surface area contributed by atoms with E-state index >= 15 is 0 Å². The maximum absolute atomic E-state index is 11.6. The molecule has 0 unspecified atom stereocenters. The molecule has 0 atom stereocenters. The van der Waals surface area contributed by atoms with E-state index in [9.17, 15) is 14.9 Å². The molecule has 2 aromatic rings. The van der Waals surface area contributed by atoms with Crippen LogP contribution in [0.3, 0.4) is 0 Å². The average Bonchev–Trinajstić information content (AvgIpc) is 2.90. The summed E-state index contributed by atoms with van der Waals surface area (Å²) in [6.07, 6.45) is 0. The van der Waals surface area contributed by atoms with Crippen LogP contribution in [0.4, 0.5) is 11.4 Å². The third-order valence-electron chi connectivity index (χ3n) is 3.03. The van der Waals surface area contributed by atoms with Crippen molar-refractivity contribution >= 4 is 28.9 Å². The number of anilines is 1. The number of methoxy groups -OCH3 is 1. The Hall–Kier alpha value is -2.68. The Labute approximate surface area is 135 Å². The van der Waals surface area contributed by atoms with Gasteiger partial charge < -0.3 is 14.2 Å². The summed E-state index contributed by atoms with van der Waals surface area (Å²) in [6, 6.07) is 2.42. The van der Waals surface area contributed by atoms with Crippen molar-refractivity contribution in [3.8, 4) is 0 Å². The minimum absolute atomic E-state index is 0.0496. The molecule has 0 N–H and O–H groups in total. The molecule has 2 rings (SSSR count). The van der Waals surface area contributed by atoms with Crippen molar-refractivity contribution in [3.05, 3.63) is 44.5 Å². The number of hydrogen-bond donors (Lipinski definition) is 0. The molecule has 0 saturated carbocycles. The Kier molecular flexibility index (Phi) is 4.80. The number of carbonyl (C=O) groups excluding carboxylic acids is 1. The van der Waals surface area contributed by atoms with E-state index in [1.807, 2.05) is 0 Å². The molecule has 0 saturated heterocycles. The van der Waals surface area contributed by atoms with Crippen LogP contribution in [0.5, 0.6) is 0 Å². The number of aryl methyl sites for hydroxylation is 1. The second-order valence-corrected chi connectivity index (χ2v) is 5.06. The second-order valence-electron chi connectivity index (χ2n) is 4.66.